The minimum absolute atomic E-state index is 0.0528. The molecule has 0 saturated carbocycles. The molecular formula is C9H11N3O. The van der Waals surface area contributed by atoms with Crippen molar-refractivity contribution in [3.63, 3.8) is 0 Å². The third-order valence-corrected chi connectivity index (χ3v) is 1.94. The maximum atomic E-state index is 8.87. The van der Waals surface area contributed by atoms with E-state index in [1.165, 1.54) is 0 Å². The maximum absolute atomic E-state index is 8.87. The van der Waals surface area contributed by atoms with Crippen molar-refractivity contribution in [2.45, 2.75) is 6.04 Å². The van der Waals surface area contributed by atoms with E-state index in [-0.39, 0.29) is 12.6 Å². The topological polar surface area (TPSA) is 57.5 Å². The Bertz CT molecular complexity index is 310. The minimum atomic E-state index is 0.0528. The molecule has 2 N–H and O–H groups in total. The van der Waals surface area contributed by atoms with E-state index in [4.69, 9.17) is 5.11 Å². The van der Waals surface area contributed by atoms with Crippen LogP contribution in [0, 0.1) is 0 Å². The molecule has 0 radical (unpaired) electrons. The van der Waals surface area contributed by atoms with Gasteiger partial charge in [0.1, 0.15) is 11.5 Å². The van der Waals surface area contributed by atoms with E-state index in [1.807, 2.05) is 18.2 Å². The van der Waals surface area contributed by atoms with E-state index in [9.17, 15) is 0 Å². The first-order valence-electron chi connectivity index (χ1n) is 4.23. The predicted octanol–water partition coefficient (Wildman–Crippen LogP) is -0.208. The quantitative estimate of drug-likeness (QED) is 0.657. The van der Waals surface area contributed by atoms with E-state index in [2.05, 4.69) is 15.3 Å². The van der Waals surface area contributed by atoms with Gasteiger partial charge in [-0.05, 0) is 12.1 Å². The van der Waals surface area contributed by atoms with Crippen LogP contribution in [0.2, 0.25) is 0 Å². The molecule has 2 heterocycles. The van der Waals surface area contributed by atoms with E-state index in [0.29, 0.717) is 6.54 Å². The molecule has 4 heteroatoms. The number of aliphatic hydroxyl groups excluding tert-OH is 1. The zero-order valence-corrected chi connectivity index (χ0v) is 7.14. The van der Waals surface area contributed by atoms with Crippen LogP contribution in [0.4, 0.5) is 0 Å². The lowest BCUT2D eigenvalue weighted by Gasteiger charge is -2.06. The van der Waals surface area contributed by atoms with Crippen molar-refractivity contribution in [2.75, 3.05) is 13.2 Å². The molecule has 1 atom stereocenters. The number of aromatic nitrogens is 1. The standard InChI is InChI=1S/C9H11N3O/c13-6-7-5-11-9(12-7)8-3-1-2-4-10-8/h1-4,7,13H,5-6H2,(H,11,12)/t7-/m0/s1. The summed E-state index contributed by atoms with van der Waals surface area (Å²) in [5, 5.41) is 12.0. The summed E-state index contributed by atoms with van der Waals surface area (Å²) < 4.78 is 0. The van der Waals surface area contributed by atoms with Gasteiger partial charge in [0.05, 0.1) is 19.2 Å². The molecule has 0 amide bonds. The first-order valence-corrected chi connectivity index (χ1v) is 4.23. The maximum Gasteiger partial charge on any atom is 0.147 e. The molecule has 4 nitrogen and oxygen atoms in total. The second kappa shape index (κ2) is 3.53. The molecule has 0 spiro atoms. The molecule has 0 unspecified atom stereocenters. The zero-order chi connectivity index (χ0) is 9.10. The lowest BCUT2D eigenvalue weighted by molar-refractivity contribution is 0.263. The second-order valence-corrected chi connectivity index (χ2v) is 2.93. The van der Waals surface area contributed by atoms with Crippen LogP contribution in [0.15, 0.2) is 29.4 Å². The van der Waals surface area contributed by atoms with Gasteiger partial charge in [0.25, 0.3) is 0 Å². The minimum Gasteiger partial charge on any atom is -0.394 e. The normalized spacial score (nSPS) is 21.0. The molecule has 0 fully saturated rings. The number of aliphatic hydroxyl groups is 1. The number of hydrogen-bond acceptors (Lipinski definition) is 4. The fourth-order valence-electron chi connectivity index (χ4n) is 1.25. The Hall–Kier alpha value is -1.42. The van der Waals surface area contributed by atoms with Crippen LogP contribution >= 0.6 is 0 Å². The number of nitrogens with one attached hydrogen (secondary N) is 1. The fourth-order valence-corrected chi connectivity index (χ4v) is 1.25. The first kappa shape index (κ1) is 8.19. The summed E-state index contributed by atoms with van der Waals surface area (Å²) in [5.41, 5.74) is 0.832. The highest BCUT2D eigenvalue weighted by molar-refractivity contribution is 5.98. The van der Waals surface area contributed by atoms with Crippen LogP contribution in [0.3, 0.4) is 0 Å². The molecule has 0 saturated heterocycles. The average molecular weight is 177 g/mol. The number of pyridine rings is 1. The number of hydrogen-bond donors (Lipinski definition) is 2. The third kappa shape index (κ3) is 1.67. The summed E-state index contributed by atoms with van der Waals surface area (Å²) in [6.45, 7) is 0.738. The fraction of sp³-hybridized carbons (Fsp3) is 0.333. The zero-order valence-electron chi connectivity index (χ0n) is 7.14. The van der Waals surface area contributed by atoms with Crippen molar-refractivity contribution in [1.29, 1.82) is 0 Å². The van der Waals surface area contributed by atoms with Gasteiger partial charge in [-0.25, -0.2) is 0 Å². The lowest BCUT2D eigenvalue weighted by atomic mass is 10.3. The molecule has 1 aliphatic rings. The summed E-state index contributed by atoms with van der Waals surface area (Å²) in [6.07, 6.45) is 1.73. The Balaban J connectivity index is 2.12. The van der Waals surface area contributed by atoms with Crippen LogP contribution in [0.5, 0.6) is 0 Å². The molecule has 2 rings (SSSR count). The average Bonchev–Trinajstić information content (AvgIpc) is 2.67. The molecular weight excluding hydrogens is 166 g/mol. The monoisotopic (exact) mass is 177 g/mol. The Kier molecular flexibility index (Phi) is 2.23. The van der Waals surface area contributed by atoms with E-state index in [1.54, 1.807) is 6.20 Å². The van der Waals surface area contributed by atoms with Gasteiger partial charge < -0.3 is 10.4 Å². The van der Waals surface area contributed by atoms with Gasteiger partial charge in [-0.15, -0.1) is 0 Å². The first-order chi connectivity index (χ1) is 6.40. The van der Waals surface area contributed by atoms with E-state index < -0.39 is 0 Å². The van der Waals surface area contributed by atoms with Crippen molar-refractivity contribution in [3.05, 3.63) is 30.1 Å². The van der Waals surface area contributed by atoms with Crippen molar-refractivity contribution < 1.29 is 5.11 Å². The highest BCUT2D eigenvalue weighted by Gasteiger charge is 2.17. The van der Waals surface area contributed by atoms with E-state index in [0.717, 1.165) is 11.5 Å². The van der Waals surface area contributed by atoms with Crippen molar-refractivity contribution >= 4 is 5.84 Å². The number of aliphatic imine (C=N–C) groups is 1. The van der Waals surface area contributed by atoms with Crippen molar-refractivity contribution in [1.82, 2.24) is 10.3 Å². The highest BCUT2D eigenvalue weighted by atomic mass is 16.3. The molecule has 1 aromatic rings. The molecule has 13 heavy (non-hydrogen) atoms. The number of amidine groups is 1. The van der Waals surface area contributed by atoms with Gasteiger partial charge in [-0.3, -0.25) is 9.98 Å². The number of nitrogens with zero attached hydrogens (tertiary/aromatic N) is 2. The molecule has 68 valence electrons. The SMILES string of the molecule is OC[C@@H]1CN=C(c2ccccn2)N1. The summed E-state index contributed by atoms with van der Waals surface area (Å²) in [7, 11) is 0. The Morgan fingerprint density at radius 1 is 1.54 bits per heavy atom. The van der Waals surface area contributed by atoms with Crippen molar-refractivity contribution in [2.24, 2.45) is 4.99 Å². The molecule has 1 aromatic heterocycles. The second-order valence-electron chi connectivity index (χ2n) is 2.93. The largest absolute Gasteiger partial charge is 0.394 e. The van der Waals surface area contributed by atoms with Crippen LogP contribution in [-0.2, 0) is 0 Å². The van der Waals surface area contributed by atoms with Crippen LogP contribution in [0.1, 0.15) is 5.69 Å². The Morgan fingerprint density at radius 3 is 3.08 bits per heavy atom. The molecule has 1 aliphatic heterocycles. The lowest BCUT2D eigenvalue weighted by Crippen LogP contribution is -2.33. The van der Waals surface area contributed by atoms with Crippen LogP contribution in [0.25, 0.3) is 0 Å². The summed E-state index contributed by atoms with van der Waals surface area (Å²) >= 11 is 0. The summed E-state index contributed by atoms with van der Waals surface area (Å²) in [6, 6.07) is 5.73. The Labute approximate surface area is 76.3 Å². The van der Waals surface area contributed by atoms with Gasteiger partial charge in [-0.1, -0.05) is 6.07 Å². The highest BCUT2D eigenvalue weighted by Crippen LogP contribution is 2.02. The molecule has 0 aliphatic carbocycles. The van der Waals surface area contributed by atoms with Gasteiger partial charge >= 0.3 is 0 Å². The van der Waals surface area contributed by atoms with Gasteiger partial charge in [0, 0.05) is 6.20 Å². The smallest absolute Gasteiger partial charge is 0.147 e. The predicted molar refractivity (Wildman–Crippen MR) is 49.7 cm³/mol. The van der Waals surface area contributed by atoms with Gasteiger partial charge in [0.15, 0.2) is 0 Å². The Morgan fingerprint density at radius 2 is 2.46 bits per heavy atom. The summed E-state index contributed by atoms with van der Waals surface area (Å²) in [5.74, 6) is 0.777. The van der Waals surface area contributed by atoms with Crippen molar-refractivity contribution in [3.8, 4) is 0 Å². The van der Waals surface area contributed by atoms with Crippen LogP contribution < -0.4 is 5.32 Å². The van der Waals surface area contributed by atoms with Crippen LogP contribution in [-0.4, -0.2) is 35.1 Å². The van der Waals surface area contributed by atoms with Gasteiger partial charge in [0.2, 0.25) is 0 Å². The number of rotatable bonds is 2. The molecule has 0 aromatic carbocycles. The molecule has 0 bridgehead atoms. The van der Waals surface area contributed by atoms with E-state index >= 15 is 0 Å². The third-order valence-electron chi connectivity index (χ3n) is 1.94. The van der Waals surface area contributed by atoms with Gasteiger partial charge in [-0.2, -0.15) is 0 Å². The summed E-state index contributed by atoms with van der Waals surface area (Å²) in [4.78, 5) is 8.40.